The molecule has 0 saturated heterocycles. The summed E-state index contributed by atoms with van der Waals surface area (Å²) in [5.41, 5.74) is 3.01. The third-order valence-electron chi connectivity index (χ3n) is 2.20. The Labute approximate surface area is 61.9 Å². The third kappa shape index (κ3) is 0.841. The fourth-order valence-electron chi connectivity index (χ4n) is 1.63. The fourth-order valence-corrected chi connectivity index (χ4v) is 1.63. The van der Waals surface area contributed by atoms with Crippen LogP contribution in [0.3, 0.4) is 0 Å². The maximum atomic E-state index is 2.40. The highest BCUT2D eigenvalue weighted by Crippen LogP contribution is 2.30. The van der Waals surface area contributed by atoms with E-state index in [-0.39, 0.29) is 0 Å². The quantitative estimate of drug-likeness (QED) is 0.475. The maximum absolute atomic E-state index is 2.40. The van der Waals surface area contributed by atoms with Crippen LogP contribution in [0, 0.1) is 5.92 Å². The summed E-state index contributed by atoms with van der Waals surface area (Å²) in [5, 5.41) is 0. The van der Waals surface area contributed by atoms with Crippen molar-refractivity contribution >= 4 is 0 Å². The Bertz CT molecular complexity index is 228. The van der Waals surface area contributed by atoms with Crippen LogP contribution in [0.25, 0.3) is 0 Å². The summed E-state index contributed by atoms with van der Waals surface area (Å²) in [6.07, 6.45) is 11.6. The zero-order valence-electron chi connectivity index (χ0n) is 6.30. The van der Waals surface area contributed by atoms with Gasteiger partial charge >= 0.3 is 0 Å². The second kappa shape index (κ2) is 2.12. The largest absolute Gasteiger partial charge is 0.0795 e. The van der Waals surface area contributed by atoms with Gasteiger partial charge in [0.1, 0.15) is 0 Å². The lowest BCUT2D eigenvalue weighted by atomic mass is 9.93. The summed E-state index contributed by atoms with van der Waals surface area (Å²) in [6, 6.07) is 0. The average molecular weight is 132 g/mol. The molecule has 52 valence electrons. The van der Waals surface area contributed by atoms with Gasteiger partial charge in [-0.15, -0.1) is 0 Å². The first kappa shape index (κ1) is 5.96. The van der Waals surface area contributed by atoms with Crippen molar-refractivity contribution in [2.45, 2.75) is 19.8 Å². The van der Waals surface area contributed by atoms with E-state index in [0.29, 0.717) is 0 Å². The van der Waals surface area contributed by atoms with Gasteiger partial charge in [0.2, 0.25) is 0 Å². The second-order valence-electron chi connectivity index (χ2n) is 3.17. The van der Waals surface area contributed by atoms with E-state index in [4.69, 9.17) is 0 Å². The Balaban J connectivity index is 2.32. The molecule has 0 spiro atoms. The van der Waals surface area contributed by atoms with Crippen molar-refractivity contribution in [3.63, 3.8) is 0 Å². The van der Waals surface area contributed by atoms with Crippen LogP contribution >= 0.6 is 0 Å². The molecule has 0 saturated carbocycles. The van der Waals surface area contributed by atoms with E-state index in [9.17, 15) is 0 Å². The van der Waals surface area contributed by atoms with Crippen molar-refractivity contribution in [2.24, 2.45) is 5.92 Å². The van der Waals surface area contributed by atoms with Crippen molar-refractivity contribution in [3.05, 3.63) is 35.5 Å². The van der Waals surface area contributed by atoms with E-state index in [1.165, 1.54) is 12.0 Å². The Morgan fingerprint density at radius 3 is 3.30 bits per heavy atom. The van der Waals surface area contributed by atoms with Crippen molar-refractivity contribution < 1.29 is 0 Å². The summed E-state index contributed by atoms with van der Waals surface area (Å²) >= 11 is 0. The molecule has 0 bridgehead atoms. The monoisotopic (exact) mass is 132 g/mol. The predicted molar refractivity (Wildman–Crippen MR) is 43.7 cm³/mol. The van der Waals surface area contributed by atoms with Gasteiger partial charge in [0.15, 0.2) is 0 Å². The molecule has 2 aliphatic carbocycles. The van der Waals surface area contributed by atoms with Crippen LogP contribution in [0.1, 0.15) is 19.8 Å². The summed E-state index contributed by atoms with van der Waals surface area (Å²) in [6.45, 7) is 2.28. The van der Waals surface area contributed by atoms with E-state index in [1.807, 2.05) is 0 Å². The van der Waals surface area contributed by atoms with Crippen LogP contribution < -0.4 is 0 Å². The first-order valence-corrected chi connectivity index (χ1v) is 3.94. The molecular formula is C10H12. The van der Waals surface area contributed by atoms with E-state index < -0.39 is 0 Å². The van der Waals surface area contributed by atoms with Crippen molar-refractivity contribution in [3.8, 4) is 0 Å². The molecule has 0 heterocycles. The predicted octanol–water partition coefficient (Wildman–Crippen LogP) is 2.84. The minimum Gasteiger partial charge on any atom is -0.0795 e. The summed E-state index contributed by atoms with van der Waals surface area (Å²) in [7, 11) is 0. The Hall–Kier alpha value is -0.780. The molecule has 0 radical (unpaired) electrons. The molecule has 2 rings (SSSR count). The first-order chi connectivity index (χ1) is 4.86. The molecule has 0 aliphatic heterocycles. The molecule has 0 N–H and O–H groups in total. The summed E-state index contributed by atoms with van der Waals surface area (Å²) in [4.78, 5) is 0. The molecule has 0 nitrogen and oxygen atoms in total. The number of fused-ring (bicyclic) bond motifs is 1. The number of hydrogen-bond donors (Lipinski definition) is 0. The molecule has 0 heteroatoms. The summed E-state index contributed by atoms with van der Waals surface area (Å²) in [5.74, 6) is 0.763. The van der Waals surface area contributed by atoms with Crippen molar-refractivity contribution in [2.75, 3.05) is 0 Å². The van der Waals surface area contributed by atoms with Gasteiger partial charge in [0.05, 0.1) is 0 Å². The lowest BCUT2D eigenvalue weighted by molar-refractivity contribution is 0.724. The standard InChI is InChI=1S/C10H12/c1-8-5-6-9-3-2-4-10(9)7-8/h2-3,6-8H,4-5H2,1H3. The Morgan fingerprint density at radius 1 is 1.50 bits per heavy atom. The molecule has 1 atom stereocenters. The van der Waals surface area contributed by atoms with Crippen LogP contribution in [-0.4, -0.2) is 0 Å². The molecule has 0 amide bonds. The minimum absolute atomic E-state index is 0.763. The molecule has 0 aromatic carbocycles. The molecule has 0 aromatic rings. The Morgan fingerprint density at radius 2 is 2.40 bits per heavy atom. The number of rotatable bonds is 0. The van der Waals surface area contributed by atoms with Gasteiger partial charge in [-0.2, -0.15) is 0 Å². The van der Waals surface area contributed by atoms with Crippen LogP contribution in [0.2, 0.25) is 0 Å². The molecular weight excluding hydrogens is 120 g/mol. The normalized spacial score (nSPS) is 29.5. The van der Waals surface area contributed by atoms with Crippen LogP contribution in [0.5, 0.6) is 0 Å². The molecule has 0 aromatic heterocycles. The van der Waals surface area contributed by atoms with E-state index in [2.05, 4.69) is 31.2 Å². The van der Waals surface area contributed by atoms with E-state index in [0.717, 1.165) is 12.3 Å². The molecule has 1 unspecified atom stereocenters. The minimum atomic E-state index is 0.763. The van der Waals surface area contributed by atoms with Gasteiger partial charge in [-0.25, -0.2) is 0 Å². The average Bonchev–Trinajstić information content (AvgIpc) is 2.33. The van der Waals surface area contributed by atoms with E-state index in [1.54, 1.807) is 5.57 Å². The fraction of sp³-hybridized carbons (Fsp3) is 0.400. The number of hydrogen-bond acceptors (Lipinski definition) is 0. The molecule has 10 heavy (non-hydrogen) atoms. The lowest BCUT2D eigenvalue weighted by Crippen LogP contribution is -1.96. The smallest absolute Gasteiger partial charge is 0.00914 e. The number of allylic oxidation sites excluding steroid dienone is 6. The highest BCUT2D eigenvalue weighted by molar-refractivity contribution is 5.48. The van der Waals surface area contributed by atoms with Gasteiger partial charge in [-0.1, -0.05) is 31.2 Å². The molecule has 0 fully saturated rings. The van der Waals surface area contributed by atoms with Crippen molar-refractivity contribution in [1.29, 1.82) is 0 Å². The Kier molecular flexibility index (Phi) is 1.26. The second-order valence-corrected chi connectivity index (χ2v) is 3.17. The highest BCUT2D eigenvalue weighted by atomic mass is 14.2. The zero-order valence-corrected chi connectivity index (χ0v) is 6.30. The zero-order chi connectivity index (χ0) is 6.97. The van der Waals surface area contributed by atoms with E-state index >= 15 is 0 Å². The topological polar surface area (TPSA) is 0 Å². The van der Waals surface area contributed by atoms with Gasteiger partial charge in [-0.3, -0.25) is 0 Å². The van der Waals surface area contributed by atoms with Gasteiger partial charge < -0.3 is 0 Å². The van der Waals surface area contributed by atoms with Crippen molar-refractivity contribution in [1.82, 2.24) is 0 Å². The highest BCUT2D eigenvalue weighted by Gasteiger charge is 2.12. The third-order valence-corrected chi connectivity index (χ3v) is 2.20. The summed E-state index contributed by atoms with van der Waals surface area (Å²) < 4.78 is 0. The maximum Gasteiger partial charge on any atom is -0.00914 e. The van der Waals surface area contributed by atoms with Gasteiger partial charge in [-0.05, 0) is 29.9 Å². The SMILES string of the molecule is CC1C=C2CC=CC2=CC1. The first-order valence-electron chi connectivity index (χ1n) is 3.94. The van der Waals surface area contributed by atoms with Crippen LogP contribution in [-0.2, 0) is 0 Å². The van der Waals surface area contributed by atoms with Crippen LogP contribution in [0.4, 0.5) is 0 Å². The molecule has 2 aliphatic rings. The lowest BCUT2D eigenvalue weighted by Gasteiger charge is -2.12. The van der Waals surface area contributed by atoms with Gasteiger partial charge in [0, 0.05) is 0 Å². The van der Waals surface area contributed by atoms with Crippen LogP contribution in [0.15, 0.2) is 35.5 Å². The van der Waals surface area contributed by atoms with Gasteiger partial charge in [0.25, 0.3) is 0 Å².